The van der Waals surface area contributed by atoms with E-state index < -0.39 is 33.8 Å². The molecule has 0 fully saturated rings. The van der Waals surface area contributed by atoms with Crippen LogP contribution in [0.25, 0.3) is 0 Å². The van der Waals surface area contributed by atoms with Gasteiger partial charge in [0.05, 0.1) is 5.75 Å². The predicted octanol–water partition coefficient (Wildman–Crippen LogP) is 1.05. The second kappa shape index (κ2) is 14.4. The van der Waals surface area contributed by atoms with Crippen LogP contribution in [0.4, 0.5) is 0 Å². The summed E-state index contributed by atoms with van der Waals surface area (Å²) in [6, 6.07) is -0.902. The number of amides is 2. The summed E-state index contributed by atoms with van der Waals surface area (Å²) in [5.41, 5.74) is 0.415. The number of carboxylic acids is 1. The number of hydrogen-bond acceptors (Lipinski definition) is 6. The van der Waals surface area contributed by atoms with E-state index in [2.05, 4.69) is 10.6 Å². The van der Waals surface area contributed by atoms with Crippen molar-refractivity contribution in [2.24, 2.45) is 0 Å². The molecule has 0 heterocycles. The molecule has 0 radical (unpaired) electrons. The summed E-state index contributed by atoms with van der Waals surface area (Å²) < 4.78 is 31.0. The lowest BCUT2D eigenvalue weighted by molar-refractivity contribution is -0.138. The normalized spacial score (nSPS) is 18.8. The Labute approximate surface area is 194 Å². The Balaban J connectivity index is 2.89. The number of carbonyl (C=O) groups is 3. The number of allylic oxidation sites excluding steroid dienone is 6. The highest BCUT2D eigenvalue weighted by Gasteiger charge is 2.26. The zero-order valence-corrected chi connectivity index (χ0v) is 19.8. The maximum Gasteiger partial charge on any atom is 0.303 e. The summed E-state index contributed by atoms with van der Waals surface area (Å²) in [6.45, 7) is 3.78. The Hall–Kier alpha value is -2.76. The molecular weight excluding hydrogens is 450 g/mol. The standard InChI is InChI=1S/C22H33N3O7S/c1-17(2)24-19(16-23-21(28)18-10-6-4-3-5-7-11-18)22(29)25(13-8-12-20(26)27)14-9-15-33(30,31)32/h3-7,10-11,17,19,24H,8-9,12-16H2,1-2H3,(H,23,28)(H,26,27)(H,30,31,32)/b4-3-,5-3?,6-4?,7-5-,10-6-,11-7?,18-10?,18-11+. The van der Waals surface area contributed by atoms with E-state index in [1.165, 1.54) is 4.90 Å². The van der Waals surface area contributed by atoms with Crippen molar-refractivity contribution in [1.82, 2.24) is 15.5 Å². The summed E-state index contributed by atoms with van der Waals surface area (Å²) in [4.78, 5) is 38.0. The molecule has 0 spiro atoms. The van der Waals surface area contributed by atoms with Gasteiger partial charge < -0.3 is 20.6 Å². The van der Waals surface area contributed by atoms with Gasteiger partial charge in [0.15, 0.2) is 0 Å². The van der Waals surface area contributed by atoms with Crippen molar-refractivity contribution in [2.45, 2.75) is 45.2 Å². The van der Waals surface area contributed by atoms with Gasteiger partial charge in [0, 0.05) is 37.7 Å². The number of carboxylic acid groups (broad SMARTS) is 1. The Bertz CT molecular complexity index is 905. The van der Waals surface area contributed by atoms with Gasteiger partial charge in [0.25, 0.3) is 16.0 Å². The first kappa shape index (κ1) is 28.3. The molecule has 1 unspecified atom stereocenters. The van der Waals surface area contributed by atoms with Crippen LogP contribution in [0.2, 0.25) is 0 Å². The molecule has 1 atom stereocenters. The van der Waals surface area contributed by atoms with Crippen LogP contribution < -0.4 is 10.6 Å². The van der Waals surface area contributed by atoms with Gasteiger partial charge in [-0.05, 0) is 25.0 Å². The second-order valence-electron chi connectivity index (χ2n) is 7.80. The maximum atomic E-state index is 13.2. The monoisotopic (exact) mass is 483 g/mol. The van der Waals surface area contributed by atoms with Crippen LogP contribution in [0, 0.1) is 0 Å². The van der Waals surface area contributed by atoms with Gasteiger partial charge in [-0.1, -0.05) is 44.2 Å². The van der Waals surface area contributed by atoms with Crippen molar-refractivity contribution in [2.75, 3.05) is 25.4 Å². The minimum Gasteiger partial charge on any atom is -0.481 e. The highest BCUT2D eigenvalue weighted by Crippen LogP contribution is 2.06. The molecule has 184 valence electrons. The summed E-state index contributed by atoms with van der Waals surface area (Å²) in [5.74, 6) is -2.28. The van der Waals surface area contributed by atoms with Crippen molar-refractivity contribution in [1.29, 1.82) is 0 Å². The molecule has 0 saturated carbocycles. The summed E-state index contributed by atoms with van der Waals surface area (Å²) in [5, 5.41) is 14.7. The van der Waals surface area contributed by atoms with E-state index >= 15 is 0 Å². The Kier molecular flexibility index (Phi) is 12.3. The number of hydrogen-bond donors (Lipinski definition) is 4. The average Bonchev–Trinajstić information content (AvgIpc) is 2.67. The second-order valence-corrected chi connectivity index (χ2v) is 9.37. The van der Waals surface area contributed by atoms with Crippen LogP contribution >= 0.6 is 0 Å². The smallest absolute Gasteiger partial charge is 0.303 e. The fourth-order valence-corrected chi connectivity index (χ4v) is 3.54. The summed E-state index contributed by atoms with van der Waals surface area (Å²) >= 11 is 0. The molecule has 33 heavy (non-hydrogen) atoms. The van der Waals surface area contributed by atoms with Crippen LogP contribution in [0.3, 0.4) is 0 Å². The number of nitrogens with one attached hydrogen (secondary N) is 2. The predicted molar refractivity (Wildman–Crippen MR) is 125 cm³/mol. The highest BCUT2D eigenvalue weighted by atomic mass is 32.2. The van der Waals surface area contributed by atoms with E-state index in [1.54, 1.807) is 36.5 Å². The molecule has 0 aromatic carbocycles. The van der Waals surface area contributed by atoms with Gasteiger partial charge in [0.1, 0.15) is 6.04 Å². The maximum absolute atomic E-state index is 13.2. The fraction of sp³-hybridized carbons (Fsp3) is 0.500. The van der Waals surface area contributed by atoms with Crippen LogP contribution in [-0.2, 0) is 24.5 Å². The number of rotatable bonds is 14. The van der Waals surface area contributed by atoms with Crippen molar-refractivity contribution in [3.05, 3.63) is 48.1 Å². The molecule has 2 amide bonds. The molecule has 0 aliphatic heterocycles. The average molecular weight is 484 g/mol. The van der Waals surface area contributed by atoms with Gasteiger partial charge in [-0.25, -0.2) is 0 Å². The summed E-state index contributed by atoms with van der Waals surface area (Å²) in [7, 11) is -4.19. The third-order valence-corrected chi connectivity index (χ3v) is 5.32. The molecule has 1 aliphatic rings. The molecule has 10 nitrogen and oxygen atoms in total. The first-order valence-corrected chi connectivity index (χ1v) is 12.3. The number of carbonyl (C=O) groups excluding carboxylic acids is 2. The molecule has 1 aliphatic carbocycles. The van der Waals surface area contributed by atoms with E-state index in [-0.39, 0.29) is 50.8 Å². The van der Waals surface area contributed by atoms with Gasteiger partial charge in [-0.3, -0.25) is 18.9 Å². The molecule has 4 N–H and O–H groups in total. The fourth-order valence-electron chi connectivity index (χ4n) is 3.05. The van der Waals surface area contributed by atoms with Crippen LogP contribution in [0.15, 0.2) is 48.1 Å². The van der Waals surface area contributed by atoms with Gasteiger partial charge in [-0.2, -0.15) is 8.42 Å². The topological polar surface area (TPSA) is 153 Å². The molecule has 0 bridgehead atoms. The zero-order valence-electron chi connectivity index (χ0n) is 18.9. The van der Waals surface area contributed by atoms with Crippen LogP contribution in [-0.4, -0.2) is 78.2 Å². The van der Waals surface area contributed by atoms with Gasteiger partial charge in [-0.15, -0.1) is 0 Å². The first-order chi connectivity index (χ1) is 15.5. The molecule has 0 aromatic heterocycles. The molecule has 11 heteroatoms. The minimum absolute atomic E-state index is 0.00403. The van der Waals surface area contributed by atoms with E-state index in [1.807, 2.05) is 19.9 Å². The lowest BCUT2D eigenvalue weighted by Crippen LogP contribution is -2.54. The van der Waals surface area contributed by atoms with Crippen LogP contribution in [0.5, 0.6) is 0 Å². The third kappa shape index (κ3) is 12.8. The van der Waals surface area contributed by atoms with Crippen molar-refractivity contribution in [3.8, 4) is 0 Å². The Morgan fingerprint density at radius 3 is 2.30 bits per heavy atom. The largest absolute Gasteiger partial charge is 0.481 e. The van der Waals surface area contributed by atoms with Crippen LogP contribution in [0.1, 0.15) is 33.1 Å². The first-order valence-electron chi connectivity index (χ1n) is 10.7. The minimum atomic E-state index is -4.19. The van der Waals surface area contributed by atoms with Crippen molar-refractivity contribution < 1.29 is 32.5 Å². The Morgan fingerprint density at radius 1 is 1.03 bits per heavy atom. The summed E-state index contributed by atoms with van der Waals surface area (Å²) in [6.07, 6.45) is 12.2. The lowest BCUT2D eigenvalue weighted by atomic mass is 10.1. The molecular formula is C22H33N3O7S. The molecule has 0 aromatic rings. The van der Waals surface area contributed by atoms with Crippen molar-refractivity contribution in [3.63, 3.8) is 0 Å². The van der Waals surface area contributed by atoms with Gasteiger partial charge in [0.2, 0.25) is 5.91 Å². The molecule has 0 saturated heterocycles. The van der Waals surface area contributed by atoms with E-state index in [0.717, 1.165) is 0 Å². The molecule has 1 rings (SSSR count). The van der Waals surface area contributed by atoms with E-state index in [0.29, 0.717) is 5.57 Å². The van der Waals surface area contributed by atoms with Gasteiger partial charge >= 0.3 is 5.97 Å². The SMILES string of the molecule is CC(C)NC(CNC(=O)C1=C/C=C\C=C/C=C\1)C(=O)N(CCCC(=O)O)CCCS(=O)(=O)O. The van der Waals surface area contributed by atoms with Crippen molar-refractivity contribution >= 4 is 27.9 Å². The highest BCUT2D eigenvalue weighted by molar-refractivity contribution is 7.85. The quantitative estimate of drug-likeness (QED) is 0.267. The third-order valence-electron chi connectivity index (χ3n) is 4.52. The van der Waals surface area contributed by atoms with E-state index in [4.69, 9.17) is 9.66 Å². The van der Waals surface area contributed by atoms with E-state index in [9.17, 15) is 22.8 Å². The Morgan fingerprint density at radius 2 is 1.67 bits per heavy atom. The number of nitrogens with zero attached hydrogens (tertiary/aromatic N) is 1. The lowest BCUT2D eigenvalue weighted by Gasteiger charge is -2.29. The number of aliphatic carboxylic acids is 1. The zero-order chi connectivity index (χ0) is 24.9.